The predicted octanol–water partition coefficient (Wildman–Crippen LogP) is 1.76. The number of carboxylic acid groups (broad SMARTS) is 1. The minimum Gasteiger partial charge on any atom is -0.481 e. The first-order valence-electron chi connectivity index (χ1n) is 7.19. The third-order valence-electron chi connectivity index (χ3n) is 3.38. The van der Waals surface area contributed by atoms with Crippen molar-refractivity contribution in [2.24, 2.45) is 7.05 Å². The Morgan fingerprint density at radius 1 is 1.43 bits per heavy atom. The number of hydrogen-bond donors (Lipinski definition) is 2. The molecule has 0 unspecified atom stereocenters. The monoisotopic (exact) mass is 320 g/mol. The van der Waals surface area contributed by atoms with Gasteiger partial charge in [0, 0.05) is 25.2 Å². The molecule has 0 saturated carbocycles. The second-order valence-electron chi connectivity index (χ2n) is 6.06. The number of carboxylic acids is 1. The average Bonchev–Trinajstić information content (AvgIpc) is 3.02. The molecule has 2 heterocycles. The summed E-state index contributed by atoms with van der Waals surface area (Å²) >= 11 is 0. The molecule has 23 heavy (non-hydrogen) atoms. The number of aromatic nitrogens is 3. The number of nitrogens with zero attached hydrogens (tertiary/aromatic N) is 3. The molecule has 2 aromatic rings. The largest absolute Gasteiger partial charge is 0.481 e. The van der Waals surface area contributed by atoms with Gasteiger partial charge in [-0.05, 0) is 27.2 Å². The molecular weight excluding hydrogens is 300 g/mol. The van der Waals surface area contributed by atoms with E-state index >= 15 is 0 Å². The summed E-state index contributed by atoms with van der Waals surface area (Å²) in [5.41, 5.74) is 0.210. The van der Waals surface area contributed by atoms with Crippen molar-refractivity contribution in [3.05, 3.63) is 23.8 Å². The number of hydrogen-bond acceptors (Lipinski definition) is 5. The summed E-state index contributed by atoms with van der Waals surface area (Å²) in [6.45, 7) is 5.20. The van der Waals surface area contributed by atoms with Crippen molar-refractivity contribution in [1.29, 1.82) is 0 Å². The number of aryl methyl sites for hydroxylation is 2. The highest BCUT2D eigenvalue weighted by Gasteiger charge is 2.26. The molecule has 0 fully saturated rings. The van der Waals surface area contributed by atoms with Crippen LogP contribution >= 0.6 is 0 Å². The summed E-state index contributed by atoms with van der Waals surface area (Å²) in [7, 11) is 1.78. The van der Waals surface area contributed by atoms with Crippen LogP contribution in [-0.2, 0) is 11.8 Å². The summed E-state index contributed by atoms with van der Waals surface area (Å²) < 4.78 is 7.14. The van der Waals surface area contributed by atoms with Gasteiger partial charge in [0.1, 0.15) is 5.76 Å². The Bertz CT molecular complexity index is 730. The van der Waals surface area contributed by atoms with Crippen LogP contribution in [0, 0.1) is 6.92 Å². The van der Waals surface area contributed by atoms with E-state index in [2.05, 4.69) is 15.4 Å². The van der Waals surface area contributed by atoms with Gasteiger partial charge in [-0.3, -0.25) is 14.3 Å². The van der Waals surface area contributed by atoms with Gasteiger partial charge in [0.05, 0.1) is 11.8 Å². The van der Waals surface area contributed by atoms with Crippen molar-refractivity contribution in [3.63, 3.8) is 0 Å². The van der Waals surface area contributed by atoms with Crippen LogP contribution in [0.25, 0.3) is 11.5 Å². The fourth-order valence-corrected chi connectivity index (χ4v) is 2.11. The third kappa shape index (κ3) is 4.18. The molecule has 0 aromatic carbocycles. The van der Waals surface area contributed by atoms with Gasteiger partial charge in [-0.15, -0.1) is 0 Å². The Morgan fingerprint density at radius 3 is 2.70 bits per heavy atom. The van der Waals surface area contributed by atoms with E-state index in [0.717, 1.165) is 0 Å². The van der Waals surface area contributed by atoms with E-state index in [1.54, 1.807) is 44.9 Å². The van der Waals surface area contributed by atoms with Crippen molar-refractivity contribution in [3.8, 4) is 11.5 Å². The topological polar surface area (TPSA) is 110 Å². The number of nitrogens with one attached hydrogen (secondary N) is 1. The lowest BCUT2D eigenvalue weighted by Crippen LogP contribution is -2.44. The van der Waals surface area contributed by atoms with E-state index in [0.29, 0.717) is 23.6 Å². The first-order chi connectivity index (χ1) is 10.7. The molecule has 1 amide bonds. The molecule has 8 nitrogen and oxygen atoms in total. The first kappa shape index (κ1) is 16.7. The SMILES string of the molecule is Cc1oc(-c2cnn(C)c2)nc1C(=O)NC(C)(C)CCC(=O)O. The quantitative estimate of drug-likeness (QED) is 0.839. The van der Waals surface area contributed by atoms with Crippen LogP contribution < -0.4 is 5.32 Å². The van der Waals surface area contributed by atoms with E-state index in [1.807, 2.05) is 0 Å². The van der Waals surface area contributed by atoms with E-state index in [-0.39, 0.29) is 12.1 Å². The maximum atomic E-state index is 12.4. The molecule has 2 rings (SSSR count). The molecule has 0 saturated heterocycles. The summed E-state index contributed by atoms with van der Waals surface area (Å²) in [4.78, 5) is 27.3. The minimum absolute atomic E-state index is 0.0218. The molecule has 0 spiro atoms. The standard InChI is InChI=1S/C15H20N4O4/c1-9-12(13(22)18-15(2,3)6-5-11(20)21)17-14(23-9)10-7-16-19(4)8-10/h7-8H,5-6H2,1-4H3,(H,18,22)(H,20,21). The highest BCUT2D eigenvalue weighted by Crippen LogP contribution is 2.22. The molecule has 0 aliphatic heterocycles. The number of carbonyl (C=O) groups excluding carboxylic acids is 1. The van der Waals surface area contributed by atoms with Crippen LogP contribution in [0.1, 0.15) is 42.9 Å². The second-order valence-corrected chi connectivity index (χ2v) is 6.06. The van der Waals surface area contributed by atoms with Gasteiger partial charge in [-0.25, -0.2) is 4.98 Å². The van der Waals surface area contributed by atoms with Gasteiger partial charge in [0.25, 0.3) is 5.91 Å². The summed E-state index contributed by atoms with van der Waals surface area (Å²) in [5.74, 6) is -0.569. The fraction of sp³-hybridized carbons (Fsp3) is 0.467. The lowest BCUT2D eigenvalue weighted by Gasteiger charge is -2.25. The molecule has 0 bridgehead atoms. The zero-order valence-electron chi connectivity index (χ0n) is 13.6. The van der Waals surface area contributed by atoms with E-state index in [4.69, 9.17) is 9.52 Å². The Hall–Kier alpha value is -2.64. The van der Waals surface area contributed by atoms with Crippen molar-refractivity contribution in [2.45, 2.75) is 39.2 Å². The smallest absolute Gasteiger partial charge is 0.303 e. The Labute approximate surface area is 133 Å². The molecule has 2 N–H and O–H groups in total. The molecule has 0 aliphatic carbocycles. The molecule has 8 heteroatoms. The lowest BCUT2D eigenvalue weighted by atomic mass is 9.98. The van der Waals surface area contributed by atoms with Gasteiger partial charge >= 0.3 is 5.97 Å². The Balaban J connectivity index is 2.13. The molecule has 2 aromatic heterocycles. The first-order valence-corrected chi connectivity index (χ1v) is 7.19. The minimum atomic E-state index is -0.899. The van der Waals surface area contributed by atoms with Crippen molar-refractivity contribution >= 4 is 11.9 Å². The third-order valence-corrected chi connectivity index (χ3v) is 3.38. The number of oxazole rings is 1. The number of carbonyl (C=O) groups is 2. The van der Waals surface area contributed by atoms with E-state index in [1.165, 1.54) is 0 Å². The van der Waals surface area contributed by atoms with Gasteiger partial charge in [-0.1, -0.05) is 0 Å². The summed E-state index contributed by atoms with van der Waals surface area (Å²) in [6.07, 6.45) is 3.64. The molecule has 0 atom stereocenters. The van der Waals surface area contributed by atoms with Crippen LogP contribution in [-0.4, -0.2) is 37.3 Å². The summed E-state index contributed by atoms with van der Waals surface area (Å²) in [6, 6.07) is 0. The van der Waals surface area contributed by atoms with Crippen molar-refractivity contribution in [1.82, 2.24) is 20.1 Å². The summed E-state index contributed by atoms with van der Waals surface area (Å²) in [5, 5.41) is 15.6. The number of aliphatic carboxylic acids is 1. The van der Waals surface area contributed by atoms with Gasteiger partial charge < -0.3 is 14.8 Å². The Kier molecular flexibility index (Phi) is 4.53. The maximum Gasteiger partial charge on any atom is 0.303 e. The zero-order chi connectivity index (χ0) is 17.2. The fourth-order valence-electron chi connectivity index (χ4n) is 2.11. The van der Waals surface area contributed by atoms with Crippen LogP contribution in [0.5, 0.6) is 0 Å². The number of rotatable bonds is 6. The van der Waals surface area contributed by atoms with Gasteiger partial charge in [0.2, 0.25) is 5.89 Å². The van der Waals surface area contributed by atoms with Gasteiger partial charge in [-0.2, -0.15) is 5.10 Å². The van der Waals surface area contributed by atoms with Crippen LogP contribution in [0.4, 0.5) is 0 Å². The van der Waals surface area contributed by atoms with Crippen molar-refractivity contribution in [2.75, 3.05) is 0 Å². The number of amides is 1. The zero-order valence-corrected chi connectivity index (χ0v) is 13.6. The normalized spacial score (nSPS) is 11.5. The molecular formula is C15H20N4O4. The average molecular weight is 320 g/mol. The molecule has 0 aliphatic rings. The lowest BCUT2D eigenvalue weighted by molar-refractivity contribution is -0.137. The molecule has 0 radical (unpaired) electrons. The van der Waals surface area contributed by atoms with Crippen LogP contribution in [0.2, 0.25) is 0 Å². The predicted molar refractivity (Wildman–Crippen MR) is 81.9 cm³/mol. The second kappa shape index (κ2) is 6.23. The molecule has 124 valence electrons. The van der Waals surface area contributed by atoms with Crippen LogP contribution in [0.15, 0.2) is 16.8 Å². The Morgan fingerprint density at radius 2 is 2.13 bits per heavy atom. The highest BCUT2D eigenvalue weighted by atomic mass is 16.4. The highest BCUT2D eigenvalue weighted by molar-refractivity contribution is 5.94. The van der Waals surface area contributed by atoms with Gasteiger partial charge in [0.15, 0.2) is 5.69 Å². The van der Waals surface area contributed by atoms with E-state index in [9.17, 15) is 9.59 Å². The van der Waals surface area contributed by atoms with Crippen molar-refractivity contribution < 1.29 is 19.1 Å². The van der Waals surface area contributed by atoms with E-state index < -0.39 is 17.4 Å². The van der Waals surface area contributed by atoms with Crippen LogP contribution in [0.3, 0.4) is 0 Å². The maximum absolute atomic E-state index is 12.4.